The summed E-state index contributed by atoms with van der Waals surface area (Å²) in [5, 5.41) is 4.57. The van der Waals surface area contributed by atoms with Crippen molar-refractivity contribution in [2.24, 2.45) is 0 Å². The molecule has 0 spiro atoms. The maximum atomic E-state index is 5.81. The quantitative estimate of drug-likeness (QED) is 0.785. The van der Waals surface area contributed by atoms with E-state index in [1.165, 1.54) is 30.6 Å². The summed E-state index contributed by atoms with van der Waals surface area (Å²) in [7, 11) is 2.12. The van der Waals surface area contributed by atoms with Crippen molar-refractivity contribution in [3.05, 3.63) is 10.6 Å². The second-order valence-corrected chi connectivity index (χ2v) is 6.61. The maximum Gasteiger partial charge on any atom is 0.185 e. The van der Waals surface area contributed by atoms with Gasteiger partial charge in [0, 0.05) is 31.6 Å². The van der Waals surface area contributed by atoms with Crippen LogP contribution in [0.3, 0.4) is 0 Å². The molecule has 5 heteroatoms. The predicted molar refractivity (Wildman–Crippen MR) is 85.7 cm³/mol. The fourth-order valence-corrected chi connectivity index (χ4v) is 3.45. The Morgan fingerprint density at radius 1 is 1.45 bits per heavy atom. The average Bonchev–Trinajstić information content (AvgIpc) is 2.82. The van der Waals surface area contributed by atoms with Crippen molar-refractivity contribution >= 4 is 16.5 Å². The Morgan fingerprint density at radius 3 is 3.00 bits per heavy atom. The van der Waals surface area contributed by atoms with Crippen molar-refractivity contribution in [3.8, 4) is 0 Å². The summed E-state index contributed by atoms with van der Waals surface area (Å²) in [5.74, 6) is 0. The molecule has 0 radical (unpaired) electrons. The zero-order valence-corrected chi connectivity index (χ0v) is 13.8. The summed E-state index contributed by atoms with van der Waals surface area (Å²) in [5.41, 5.74) is 1.16. The van der Waals surface area contributed by atoms with Gasteiger partial charge in [0.2, 0.25) is 0 Å². The second-order valence-electron chi connectivity index (χ2n) is 5.55. The number of rotatable bonds is 7. The molecular formula is C15H27N3OS. The molecule has 0 amide bonds. The van der Waals surface area contributed by atoms with Crippen LogP contribution in [0.1, 0.15) is 43.2 Å². The van der Waals surface area contributed by atoms with Crippen molar-refractivity contribution in [1.82, 2.24) is 10.3 Å². The van der Waals surface area contributed by atoms with Crippen LogP contribution in [-0.4, -0.2) is 37.8 Å². The summed E-state index contributed by atoms with van der Waals surface area (Å²) >= 11 is 1.80. The van der Waals surface area contributed by atoms with E-state index in [1.54, 1.807) is 11.3 Å². The zero-order chi connectivity index (χ0) is 14.4. The van der Waals surface area contributed by atoms with Crippen molar-refractivity contribution < 1.29 is 4.74 Å². The van der Waals surface area contributed by atoms with Crippen LogP contribution in [0.25, 0.3) is 0 Å². The lowest BCUT2D eigenvalue weighted by atomic mass is 10.1. The van der Waals surface area contributed by atoms with Crippen LogP contribution in [-0.2, 0) is 11.3 Å². The van der Waals surface area contributed by atoms with Gasteiger partial charge in [-0.2, -0.15) is 0 Å². The van der Waals surface area contributed by atoms with Gasteiger partial charge in [0.1, 0.15) is 0 Å². The number of hydrogen-bond donors (Lipinski definition) is 1. The fourth-order valence-electron chi connectivity index (χ4n) is 2.45. The first kappa shape index (κ1) is 15.7. The predicted octanol–water partition coefficient (Wildman–Crippen LogP) is 2.96. The number of anilines is 1. The number of ether oxygens (including phenoxy) is 1. The smallest absolute Gasteiger partial charge is 0.185 e. The van der Waals surface area contributed by atoms with E-state index in [0.29, 0.717) is 6.10 Å². The van der Waals surface area contributed by atoms with Crippen LogP contribution in [0.15, 0.2) is 0 Å². The Hall–Kier alpha value is -0.650. The molecule has 1 N–H and O–H groups in total. The molecule has 114 valence electrons. The minimum absolute atomic E-state index is 0.375. The highest BCUT2D eigenvalue weighted by atomic mass is 32.1. The van der Waals surface area contributed by atoms with Gasteiger partial charge in [-0.25, -0.2) is 4.98 Å². The lowest BCUT2D eigenvalue weighted by Crippen LogP contribution is -2.33. The van der Waals surface area contributed by atoms with E-state index in [9.17, 15) is 0 Å². The molecule has 0 saturated carbocycles. The number of thiazole rings is 1. The molecule has 1 aliphatic rings. The first-order valence-electron chi connectivity index (χ1n) is 7.70. The van der Waals surface area contributed by atoms with E-state index < -0.39 is 0 Å². The largest absolute Gasteiger partial charge is 0.376 e. The summed E-state index contributed by atoms with van der Waals surface area (Å²) in [4.78, 5) is 8.30. The van der Waals surface area contributed by atoms with Gasteiger partial charge < -0.3 is 15.0 Å². The van der Waals surface area contributed by atoms with E-state index in [1.807, 2.05) is 0 Å². The van der Waals surface area contributed by atoms with Crippen LogP contribution in [0, 0.1) is 6.92 Å². The molecule has 0 bridgehead atoms. The van der Waals surface area contributed by atoms with Gasteiger partial charge in [-0.15, -0.1) is 11.3 Å². The van der Waals surface area contributed by atoms with Gasteiger partial charge in [-0.05, 0) is 39.2 Å². The highest BCUT2D eigenvalue weighted by molar-refractivity contribution is 7.15. The third-order valence-corrected chi connectivity index (χ3v) is 4.94. The zero-order valence-electron chi connectivity index (χ0n) is 12.9. The number of aromatic nitrogens is 1. The molecule has 0 aromatic carbocycles. The molecule has 4 nitrogen and oxygen atoms in total. The number of nitrogens with zero attached hydrogens (tertiary/aromatic N) is 2. The van der Waals surface area contributed by atoms with Crippen molar-refractivity contribution in [1.29, 1.82) is 0 Å². The molecule has 2 rings (SSSR count). The normalized spacial score (nSPS) is 19.2. The SMILES string of the molecule is CCCNCc1sc(N(C)CC2CCCCO2)nc1C. The minimum Gasteiger partial charge on any atom is -0.376 e. The standard InChI is InChI=1S/C15H27N3OS/c1-4-8-16-10-14-12(2)17-15(20-14)18(3)11-13-7-5-6-9-19-13/h13,16H,4-11H2,1-3H3. The Morgan fingerprint density at radius 2 is 2.30 bits per heavy atom. The topological polar surface area (TPSA) is 37.4 Å². The van der Waals surface area contributed by atoms with Gasteiger partial charge >= 0.3 is 0 Å². The number of hydrogen-bond acceptors (Lipinski definition) is 5. The number of aryl methyl sites for hydroxylation is 1. The summed E-state index contributed by atoms with van der Waals surface area (Å²) < 4.78 is 5.81. The van der Waals surface area contributed by atoms with Gasteiger partial charge in [0.05, 0.1) is 11.8 Å². The first-order valence-corrected chi connectivity index (χ1v) is 8.52. The number of likely N-dealkylation sites (N-methyl/N-ethyl adjacent to an activating group) is 1. The summed E-state index contributed by atoms with van der Waals surface area (Å²) in [6.45, 7) is 8.17. The molecular weight excluding hydrogens is 270 g/mol. The lowest BCUT2D eigenvalue weighted by Gasteiger charge is -2.27. The average molecular weight is 297 g/mol. The molecule has 2 heterocycles. The molecule has 1 saturated heterocycles. The van der Waals surface area contributed by atoms with Crippen LogP contribution < -0.4 is 10.2 Å². The third kappa shape index (κ3) is 4.43. The second kappa shape index (κ2) is 7.96. The molecule has 20 heavy (non-hydrogen) atoms. The molecule has 1 aromatic rings. The highest BCUT2D eigenvalue weighted by Crippen LogP contribution is 2.26. The van der Waals surface area contributed by atoms with Crippen molar-refractivity contribution in [2.45, 2.75) is 52.2 Å². The fraction of sp³-hybridized carbons (Fsp3) is 0.800. The minimum atomic E-state index is 0.375. The van der Waals surface area contributed by atoms with Gasteiger partial charge in [-0.1, -0.05) is 6.92 Å². The number of nitrogens with one attached hydrogen (secondary N) is 1. The van der Waals surface area contributed by atoms with Crippen molar-refractivity contribution in [3.63, 3.8) is 0 Å². The molecule has 1 aromatic heterocycles. The maximum absolute atomic E-state index is 5.81. The first-order chi connectivity index (χ1) is 9.70. The van der Waals surface area contributed by atoms with E-state index >= 15 is 0 Å². The Labute approximate surface area is 126 Å². The van der Waals surface area contributed by atoms with E-state index in [2.05, 4.69) is 31.1 Å². The monoisotopic (exact) mass is 297 g/mol. The van der Waals surface area contributed by atoms with Crippen LogP contribution in [0.5, 0.6) is 0 Å². The van der Waals surface area contributed by atoms with Gasteiger partial charge in [-0.3, -0.25) is 0 Å². The molecule has 0 aliphatic carbocycles. The highest BCUT2D eigenvalue weighted by Gasteiger charge is 2.18. The molecule has 1 unspecified atom stereocenters. The van der Waals surface area contributed by atoms with E-state index in [4.69, 9.17) is 9.72 Å². The van der Waals surface area contributed by atoms with Crippen LogP contribution >= 0.6 is 11.3 Å². The molecule has 1 fully saturated rings. The Balaban J connectivity index is 1.88. The third-order valence-electron chi connectivity index (χ3n) is 3.67. The van der Waals surface area contributed by atoms with Gasteiger partial charge in [0.15, 0.2) is 5.13 Å². The molecule has 1 aliphatic heterocycles. The van der Waals surface area contributed by atoms with E-state index in [0.717, 1.165) is 37.1 Å². The van der Waals surface area contributed by atoms with Crippen LogP contribution in [0.2, 0.25) is 0 Å². The summed E-state index contributed by atoms with van der Waals surface area (Å²) in [6.07, 6.45) is 5.23. The Bertz CT molecular complexity index is 402. The Kier molecular flexibility index (Phi) is 6.26. The lowest BCUT2D eigenvalue weighted by molar-refractivity contribution is 0.0216. The van der Waals surface area contributed by atoms with Crippen molar-refractivity contribution in [2.75, 3.05) is 31.6 Å². The van der Waals surface area contributed by atoms with E-state index in [-0.39, 0.29) is 0 Å². The van der Waals surface area contributed by atoms with Gasteiger partial charge in [0.25, 0.3) is 0 Å². The molecule has 1 atom stereocenters. The van der Waals surface area contributed by atoms with Crippen LogP contribution in [0.4, 0.5) is 5.13 Å². The summed E-state index contributed by atoms with van der Waals surface area (Å²) in [6, 6.07) is 0.